The van der Waals surface area contributed by atoms with Gasteiger partial charge in [-0.2, -0.15) is 0 Å². The third kappa shape index (κ3) is 3.82. The molecule has 0 bridgehead atoms. The Morgan fingerprint density at radius 1 is 1.36 bits per heavy atom. The Hall–Kier alpha value is -1.95. The van der Waals surface area contributed by atoms with Crippen LogP contribution < -0.4 is 16.0 Å². The molecule has 1 atom stereocenters. The second-order valence-electron chi connectivity index (χ2n) is 6.01. The molecule has 0 radical (unpaired) electrons. The number of likely N-dealkylation sites (tertiary alicyclic amines) is 1. The molecular weight excluding hydrogens is 285 g/mol. The average molecular weight is 308 g/mol. The molecule has 0 aliphatic carbocycles. The summed E-state index contributed by atoms with van der Waals surface area (Å²) in [6.45, 7) is 5.01. The lowest BCUT2D eigenvalue weighted by atomic mass is 9.95. The zero-order valence-corrected chi connectivity index (χ0v) is 13.0. The van der Waals surface area contributed by atoms with Crippen molar-refractivity contribution in [2.24, 2.45) is 11.7 Å². The molecule has 0 saturated carbocycles. The van der Waals surface area contributed by atoms with Crippen molar-refractivity contribution in [3.05, 3.63) is 29.6 Å². The van der Waals surface area contributed by atoms with Crippen LogP contribution in [0, 0.1) is 18.7 Å². The zero-order valence-electron chi connectivity index (χ0n) is 13.0. The van der Waals surface area contributed by atoms with Gasteiger partial charge in [-0.05, 0) is 31.5 Å². The fourth-order valence-electron chi connectivity index (χ4n) is 2.81. The molecule has 120 valence electrons. The molecule has 4 N–H and O–H groups in total. The maximum Gasteiger partial charge on any atom is 0.282 e. The van der Waals surface area contributed by atoms with Crippen LogP contribution in [-0.4, -0.2) is 30.9 Å². The standard InChI is InChI=1S/C16H22FN3O2/c1-10-3-4-13(9-14(10)17)19-16(22)11(2)20-7-5-12(6-8-20)15(18)21/h3-4,9,11-12H,5-8H2,1-2H3,(H2,18,21)(H,19,22)/p+1/t11-/m0/s1. The Balaban J connectivity index is 1.92. The Kier molecular flexibility index (Phi) is 5.13. The first kappa shape index (κ1) is 16.4. The van der Waals surface area contributed by atoms with E-state index in [1.54, 1.807) is 19.1 Å². The number of anilines is 1. The predicted molar refractivity (Wildman–Crippen MR) is 81.8 cm³/mol. The number of carbonyl (C=O) groups excluding carboxylic acids is 2. The number of benzene rings is 1. The van der Waals surface area contributed by atoms with E-state index in [0.29, 0.717) is 24.1 Å². The van der Waals surface area contributed by atoms with Gasteiger partial charge >= 0.3 is 0 Å². The number of hydrogen-bond acceptors (Lipinski definition) is 2. The van der Waals surface area contributed by atoms with E-state index in [-0.39, 0.29) is 29.6 Å². The van der Waals surface area contributed by atoms with Crippen molar-refractivity contribution in [3.63, 3.8) is 0 Å². The molecule has 0 aromatic heterocycles. The Labute approximate surface area is 129 Å². The molecule has 2 rings (SSSR count). The fraction of sp³-hybridized carbons (Fsp3) is 0.500. The van der Waals surface area contributed by atoms with E-state index in [0.717, 1.165) is 18.0 Å². The van der Waals surface area contributed by atoms with Crippen molar-refractivity contribution >= 4 is 17.5 Å². The Morgan fingerprint density at radius 2 is 2.00 bits per heavy atom. The van der Waals surface area contributed by atoms with Crippen molar-refractivity contribution in [2.45, 2.75) is 32.7 Å². The summed E-state index contributed by atoms with van der Waals surface area (Å²) in [6, 6.07) is 4.41. The van der Waals surface area contributed by atoms with Crippen LogP contribution in [0.5, 0.6) is 0 Å². The minimum Gasteiger partial charge on any atom is -0.369 e. The van der Waals surface area contributed by atoms with Gasteiger partial charge in [-0.25, -0.2) is 4.39 Å². The number of nitrogens with two attached hydrogens (primary N) is 1. The highest BCUT2D eigenvalue weighted by atomic mass is 19.1. The molecule has 2 amide bonds. The van der Waals surface area contributed by atoms with Gasteiger partial charge in [0.15, 0.2) is 6.04 Å². The summed E-state index contributed by atoms with van der Waals surface area (Å²) < 4.78 is 13.5. The summed E-state index contributed by atoms with van der Waals surface area (Å²) >= 11 is 0. The number of piperidine rings is 1. The second-order valence-corrected chi connectivity index (χ2v) is 6.01. The van der Waals surface area contributed by atoms with Gasteiger partial charge in [-0.15, -0.1) is 0 Å². The monoisotopic (exact) mass is 308 g/mol. The number of primary amides is 1. The van der Waals surface area contributed by atoms with Crippen LogP contribution in [0.15, 0.2) is 18.2 Å². The van der Waals surface area contributed by atoms with E-state index < -0.39 is 0 Å². The molecule has 6 heteroatoms. The van der Waals surface area contributed by atoms with Crippen LogP contribution in [0.3, 0.4) is 0 Å². The average Bonchev–Trinajstić information content (AvgIpc) is 2.50. The number of amides is 2. The first-order valence-electron chi connectivity index (χ1n) is 7.59. The zero-order chi connectivity index (χ0) is 16.3. The normalized spacial score (nSPS) is 22.9. The molecule has 0 spiro atoms. The van der Waals surface area contributed by atoms with E-state index in [4.69, 9.17) is 5.73 Å². The Morgan fingerprint density at radius 3 is 2.55 bits per heavy atom. The third-order valence-electron chi connectivity index (χ3n) is 4.48. The molecule has 1 aliphatic rings. The van der Waals surface area contributed by atoms with Gasteiger partial charge in [0.25, 0.3) is 5.91 Å². The molecule has 5 nitrogen and oxygen atoms in total. The van der Waals surface area contributed by atoms with Gasteiger partial charge < -0.3 is 16.0 Å². The molecule has 1 aliphatic heterocycles. The fourth-order valence-corrected chi connectivity index (χ4v) is 2.81. The lowest BCUT2D eigenvalue weighted by molar-refractivity contribution is -0.919. The first-order chi connectivity index (χ1) is 10.4. The lowest BCUT2D eigenvalue weighted by Gasteiger charge is -2.31. The number of rotatable bonds is 4. The quantitative estimate of drug-likeness (QED) is 0.745. The summed E-state index contributed by atoms with van der Waals surface area (Å²) in [5, 5.41) is 2.75. The molecule has 1 fully saturated rings. The smallest absolute Gasteiger partial charge is 0.282 e. The van der Waals surface area contributed by atoms with Crippen LogP contribution in [0.4, 0.5) is 10.1 Å². The SMILES string of the molecule is Cc1ccc(NC(=O)[C@H](C)[NH+]2CCC(C(N)=O)CC2)cc1F. The van der Waals surface area contributed by atoms with Crippen molar-refractivity contribution in [3.8, 4) is 0 Å². The van der Waals surface area contributed by atoms with Gasteiger partial charge in [-0.1, -0.05) is 6.07 Å². The molecule has 0 unspecified atom stereocenters. The maximum atomic E-state index is 13.5. The van der Waals surface area contributed by atoms with Crippen molar-refractivity contribution in [1.29, 1.82) is 0 Å². The van der Waals surface area contributed by atoms with E-state index in [9.17, 15) is 14.0 Å². The Bertz CT molecular complexity index is 569. The van der Waals surface area contributed by atoms with Gasteiger partial charge in [0, 0.05) is 24.4 Å². The number of halogens is 1. The minimum absolute atomic E-state index is 0.0785. The first-order valence-corrected chi connectivity index (χ1v) is 7.59. The van der Waals surface area contributed by atoms with Crippen LogP contribution in [0.1, 0.15) is 25.3 Å². The maximum absolute atomic E-state index is 13.5. The lowest BCUT2D eigenvalue weighted by Crippen LogP contribution is -3.17. The number of carbonyl (C=O) groups is 2. The third-order valence-corrected chi connectivity index (χ3v) is 4.48. The number of nitrogens with one attached hydrogen (secondary N) is 2. The number of quaternary nitrogens is 1. The number of aryl methyl sites for hydroxylation is 1. The summed E-state index contributed by atoms with van der Waals surface area (Å²) in [5.41, 5.74) is 6.32. The summed E-state index contributed by atoms with van der Waals surface area (Å²) in [7, 11) is 0. The van der Waals surface area contributed by atoms with E-state index in [1.165, 1.54) is 6.07 Å². The van der Waals surface area contributed by atoms with Crippen LogP contribution in [0.25, 0.3) is 0 Å². The highest BCUT2D eigenvalue weighted by Gasteiger charge is 2.32. The highest BCUT2D eigenvalue weighted by molar-refractivity contribution is 5.93. The summed E-state index contributed by atoms with van der Waals surface area (Å²) in [4.78, 5) is 24.6. The van der Waals surface area contributed by atoms with E-state index in [2.05, 4.69) is 5.32 Å². The van der Waals surface area contributed by atoms with Crippen LogP contribution in [0.2, 0.25) is 0 Å². The van der Waals surface area contributed by atoms with Gasteiger partial charge in [-0.3, -0.25) is 9.59 Å². The number of hydrogen-bond donors (Lipinski definition) is 3. The minimum atomic E-state index is -0.333. The molecular formula is C16H23FN3O2+. The van der Waals surface area contributed by atoms with Gasteiger partial charge in [0.1, 0.15) is 5.82 Å². The van der Waals surface area contributed by atoms with Crippen molar-refractivity contribution in [1.82, 2.24) is 0 Å². The van der Waals surface area contributed by atoms with Gasteiger partial charge in [0.05, 0.1) is 13.1 Å². The van der Waals surface area contributed by atoms with E-state index >= 15 is 0 Å². The highest BCUT2D eigenvalue weighted by Crippen LogP contribution is 2.14. The summed E-state index contributed by atoms with van der Waals surface area (Å²) in [6.07, 6.45) is 1.42. The van der Waals surface area contributed by atoms with Crippen molar-refractivity contribution in [2.75, 3.05) is 18.4 Å². The molecule has 1 heterocycles. The van der Waals surface area contributed by atoms with Crippen LogP contribution >= 0.6 is 0 Å². The second kappa shape index (κ2) is 6.87. The molecule has 1 saturated heterocycles. The summed E-state index contributed by atoms with van der Waals surface area (Å²) in [5.74, 6) is -0.813. The molecule has 1 aromatic rings. The topological polar surface area (TPSA) is 76.6 Å². The van der Waals surface area contributed by atoms with E-state index in [1.807, 2.05) is 6.92 Å². The molecule has 22 heavy (non-hydrogen) atoms. The molecule has 1 aromatic carbocycles. The predicted octanol–water partition coefficient (Wildman–Crippen LogP) is 0.241. The van der Waals surface area contributed by atoms with Crippen molar-refractivity contribution < 1.29 is 18.9 Å². The van der Waals surface area contributed by atoms with Crippen LogP contribution in [-0.2, 0) is 9.59 Å². The largest absolute Gasteiger partial charge is 0.369 e. The van der Waals surface area contributed by atoms with Gasteiger partial charge in [0.2, 0.25) is 5.91 Å².